The third-order valence-electron chi connectivity index (χ3n) is 0.725. The summed E-state index contributed by atoms with van der Waals surface area (Å²) in [5.74, 6) is 2.20. The van der Waals surface area contributed by atoms with Crippen molar-refractivity contribution >= 4 is 11.8 Å². The number of ether oxygens (including phenoxy) is 1. The van der Waals surface area contributed by atoms with Crippen LogP contribution in [0.25, 0.3) is 0 Å². The highest BCUT2D eigenvalue weighted by molar-refractivity contribution is 6.09. The van der Waals surface area contributed by atoms with Crippen molar-refractivity contribution in [2.24, 2.45) is 4.99 Å². The van der Waals surface area contributed by atoms with Crippen LogP contribution in [0.3, 0.4) is 0 Å². The van der Waals surface area contributed by atoms with Gasteiger partial charge < -0.3 is 4.74 Å². The second-order valence-electron chi connectivity index (χ2n) is 1.26. The third kappa shape index (κ3) is 0.684. The van der Waals surface area contributed by atoms with Gasteiger partial charge in [-0.2, -0.15) is 4.99 Å². The van der Waals surface area contributed by atoms with Crippen molar-refractivity contribution in [3.8, 4) is 12.3 Å². The van der Waals surface area contributed by atoms with E-state index in [0.29, 0.717) is 5.71 Å². The Morgan fingerprint density at radius 2 is 2.62 bits per heavy atom. The van der Waals surface area contributed by atoms with Crippen LogP contribution >= 0.6 is 0 Å². The molecule has 0 aromatic carbocycles. The molecule has 0 saturated carbocycles. The van der Waals surface area contributed by atoms with Gasteiger partial charge in [0, 0.05) is 0 Å². The number of hydrogen-bond donors (Lipinski definition) is 0. The fourth-order valence-corrected chi connectivity index (χ4v) is 0.379. The van der Waals surface area contributed by atoms with Crippen LogP contribution in [0.4, 0.5) is 4.79 Å². The zero-order chi connectivity index (χ0) is 5.98. The van der Waals surface area contributed by atoms with Gasteiger partial charge in [-0.15, -0.1) is 6.42 Å². The van der Waals surface area contributed by atoms with Crippen LogP contribution in [0.15, 0.2) is 4.99 Å². The lowest BCUT2D eigenvalue weighted by atomic mass is 10.4. The van der Waals surface area contributed by atoms with Crippen LogP contribution in [0.5, 0.6) is 0 Å². The molecule has 0 aromatic heterocycles. The molecule has 0 aromatic rings. The van der Waals surface area contributed by atoms with E-state index in [4.69, 9.17) is 6.42 Å². The molecule has 1 aliphatic heterocycles. The van der Waals surface area contributed by atoms with Crippen LogP contribution < -0.4 is 0 Å². The zero-order valence-electron chi connectivity index (χ0n) is 4.05. The number of terminal acetylenes is 1. The van der Waals surface area contributed by atoms with Crippen molar-refractivity contribution < 1.29 is 9.53 Å². The lowest BCUT2D eigenvalue weighted by Gasteiger charge is -1.81. The molecule has 1 amide bonds. The summed E-state index contributed by atoms with van der Waals surface area (Å²) >= 11 is 0. The summed E-state index contributed by atoms with van der Waals surface area (Å²) in [6, 6.07) is 0. The second kappa shape index (κ2) is 1.66. The molecule has 1 heterocycles. The van der Waals surface area contributed by atoms with Gasteiger partial charge in [-0.1, -0.05) is 5.92 Å². The van der Waals surface area contributed by atoms with Crippen LogP contribution in [-0.2, 0) is 4.74 Å². The number of carbonyl (C=O) groups is 1. The van der Waals surface area contributed by atoms with Gasteiger partial charge in [-0.3, -0.25) is 0 Å². The number of cyclic esters (lactones) is 1. The molecule has 0 radical (unpaired) electrons. The van der Waals surface area contributed by atoms with Crippen LogP contribution in [0, 0.1) is 12.3 Å². The molecule has 0 aliphatic carbocycles. The molecule has 0 fully saturated rings. The predicted octanol–water partition coefficient (Wildman–Crippen LogP) is 0.211. The first-order chi connectivity index (χ1) is 3.83. The zero-order valence-corrected chi connectivity index (χ0v) is 4.05. The molecule has 3 nitrogen and oxygen atoms in total. The van der Waals surface area contributed by atoms with Gasteiger partial charge in [0.15, 0.2) is 0 Å². The van der Waals surface area contributed by atoms with E-state index in [-0.39, 0.29) is 6.61 Å². The minimum Gasteiger partial charge on any atom is -0.441 e. The Labute approximate surface area is 46.4 Å². The maximum atomic E-state index is 10.1. The minimum absolute atomic E-state index is 0.162. The molecular weight excluding hydrogens is 106 g/mol. The van der Waals surface area contributed by atoms with Crippen LogP contribution in [0.1, 0.15) is 0 Å². The van der Waals surface area contributed by atoms with Gasteiger partial charge in [-0.05, 0) is 0 Å². The summed E-state index contributed by atoms with van der Waals surface area (Å²) in [6.07, 6.45) is 4.30. The van der Waals surface area contributed by atoms with E-state index >= 15 is 0 Å². The Morgan fingerprint density at radius 3 is 2.88 bits per heavy atom. The largest absolute Gasteiger partial charge is 0.441 e. The van der Waals surface area contributed by atoms with Crippen LogP contribution in [0.2, 0.25) is 0 Å². The Morgan fingerprint density at radius 1 is 1.88 bits per heavy atom. The second-order valence-corrected chi connectivity index (χ2v) is 1.26. The summed E-state index contributed by atoms with van der Waals surface area (Å²) in [7, 11) is 0. The van der Waals surface area contributed by atoms with E-state index in [2.05, 4.69) is 15.6 Å². The summed E-state index contributed by atoms with van der Waals surface area (Å²) in [5.41, 5.74) is 0.370. The molecule has 0 atom stereocenters. The molecule has 3 heteroatoms. The summed E-state index contributed by atoms with van der Waals surface area (Å²) in [4.78, 5) is 13.4. The van der Waals surface area contributed by atoms with Gasteiger partial charge >= 0.3 is 6.09 Å². The van der Waals surface area contributed by atoms with Crippen molar-refractivity contribution in [1.29, 1.82) is 0 Å². The first-order valence-corrected chi connectivity index (χ1v) is 2.04. The van der Waals surface area contributed by atoms with Crippen molar-refractivity contribution in [2.45, 2.75) is 0 Å². The van der Waals surface area contributed by atoms with E-state index in [9.17, 15) is 4.79 Å². The Kier molecular flexibility index (Phi) is 1.01. The van der Waals surface area contributed by atoms with Gasteiger partial charge in [0.25, 0.3) is 0 Å². The first kappa shape index (κ1) is 4.85. The highest BCUT2D eigenvalue weighted by Gasteiger charge is 2.11. The lowest BCUT2D eigenvalue weighted by molar-refractivity contribution is 0.181. The number of amides is 1. The molecule has 0 saturated heterocycles. The number of hydrogen-bond acceptors (Lipinski definition) is 2. The van der Waals surface area contributed by atoms with E-state index in [0.717, 1.165) is 0 Å². The number of rotatable bonds is 0. The molecule has 0 unspecified atom stereocenters. The van der Waals surface area contributed by atoms with E-state index < -0.39 is 6.09 Å². The SMILES string of the molecule is C#CC1=NC(=O)OC1. The Hall–Kier alpha value is -1.30. The molecule has 8 heavy (non-hydrogen) atoms. The average molecular weight is 109 g/mol. The number of aliphatic imine (C=N–C) groups is 1. The van der Waals surface area contributed by atoms with E-state index in [1.54, 1.807) is 0 Å². The third-order valence-corrected chi connectivity index (χ3v) is 0.725. The highest BCUT2D eigenvalue weighted by Crippen LogP contribution is 1.94. The van der Waals surface area contributed by atoms with Crippen molar-refractivity contribution in [3.63, 3.8) is 0 Å². The molecule has 0 bridgehead atoms. The van der Waals surface area contributed by atoms with Crippen LogP contribution in [-0.4, -0.2) is 18.4 Å². The lowest BCUT2D eigenvalue weighted by Crippen LogP contribution is -1.95. The smallest absolute Gasteiger partial charge is 0.434 e. The summed E-state index contributed by atoms with van der Waals surface area (Å²) in [6.45, 7) is 0.162. The van der Waals surface area contributed by atoms with Gasteiger partial charge in [0.05, 0.1) is 0 Å². The van der Waals surface area contributed by atoms with E-state index in [1.807, 2.05) is 0 Å². The molecule has 1 rings (SSSR count). The Bertz CT molecular complexity index is 187. The standard InChI is InChI=1S/C5H3NO2/c1-2-4-3-8-5(7)6-4/h1H,3H2. The monoisotopic (exact) mass is 109 g/mol. The van der Waals surface area contributed by atoms with Crippen molar-refractivity contribution in [3.05, 3.63) is 0 Å². The molecule has 1 aliphatic rings. The maximum absolute atomic E-state index is 10.1. The molecular formula is C5H3NO2. The fourth-order valence-electron chi connectivity index (χ4n) is 0.379. The highest BCUT2D eigenvalue weighted by atomic mass is 16.6. The minimum atomic E-state index is -0.585. The molecule has 0 spiro atoms. The molecule has 40 valence electrons. The van der Waals surface area contributed by atoms with Crippen molar-refractivity contribution in [1.82, 2.24) is 0 Å². The molecule has 0 N–H and O–H groups in total. The quantitative estimate of drug-likeness (QED) is 0.417. The first-order valence-electron chi connectivity index (χ1n) is 2.04. The number of carbonyl (C=O) groups excluding carboxylic acids is 1. The fraction of sp³-hybridized carbons (Fsp3) is 0.200. The van der Waals surface area contributed by atoms with Gasteiger partial charge in [0.2, 0.25) is 0 Å². The van der Waals surface area contributed by atoms with E-state index in [1.165, 1.54) is 0 Å². The predicted molar refractivity (Wildman–Crippen MR) is 27.6 cm³/mol. The summed E-state index contributed by atoms with van der Waals surface area (Å²) in [5, 5.41) is 0. The van der Waals surface area contributed by atoms with Gasteiger partial charge in [-0.25, -0.2) is 4.79 Å². The average Bonchev–Trinajstić information content (AvgIpc) is 2.14. The topological polar surface area (TPSA) is 38.7 Å². The van der Waals surface area contributed by atoms with Crippen molar-refractivity contribution in [2.75, 3.05) is 6.61 Å². The number of nitrogens with zero attached hydrogens (tertiary/aromatic N) is 1. The van der Waals surface area contributed by atoms with Gasteiger partial charge in [0.1, 0.15) is 12.3 Å². The summed E-state index contributed by atoms with van der Waals surface area (Å²) < 4.78 is 4.37. The maximum Gasteiger partial charge on any atom is 0.434 e. The normalized spacial score (nSPS) is 16.9. The Balaban J connectivity index is 2.75.